The molecule has 0 bridgehead atoms. The first-order valence-corrected chi connectivity index (χ1v) is 7.14. The molecule has 0 radical (unpaired) electrons. The average Bonchev–Trinajstić information content (AvgIpc) is 2.56. The third-order valence-corrected chi connectivity index (χ3v) is 3.41. The van der Waals surface area contributed by atoms with Gasteiger partial charge in [-0.1, -0.05) is 42.5 Å². The number of allylic oxidation sites excluding steroid dienone is 1. The van der Waals surface area contributed by atoms with Crippen molar-refractivity contribution in [2.45, 2.75) is 6.92 Å². The van der Waals surface area contributed by atoms with Crippen molar-refractivity contribution in [1.29, 1.82) is 0 Å². The van der Waals surface area contributed by atoms with E-state index in [1.54, 1.807) is 18.2 Å². The highest BCUT2D eigenvalue weighted by Gasteiger charge is 2.09. The summed E-state index contributed by atoms with van der Waals surface area (Å²) in [6, 6.07) is 14.8. The molecule has 3 rings (SSSR count). The lowest BCUT2D eigenvalue weighted by molar-refractivity contribution is 0.362. The van der Waals surface area contributed by atoms with Crippen LogP contribution < -0.4 is 10.2 Å². The Labute approximate surface area is 128 Å². The van der Waals surface area contributed by atoms with Crippen LogP contribution >= 0.6 is 0 Å². The van der Waals surface area contributed by atoms with Gasteiger partial charge in [-0.15, -0.1) is 0 Å². The first-order chi connectivity index (χ1) is 10.8. The number of benzene rings is 2. The predicted octanol–water partition coefficient (Wildman–Crippen LogP) is 4.41. The van der Waals surface area contributed by atoms with Gasteiger partial charge in [-0.3, -0.25) is 4.79 Å². The summed E-state index contributed by atoms with van der Waals surface area (Å²) in [7, 11) is 0. The zero-order valence-corrected chi connectivity index (χ0v) is 12.3. The van der Waals surface area contributed by atoms with E-state index in [4.69, 9.17) is 9.15 Å². The number of fused-ring (bicyclic) bond motifs is 1. The lowest BCUT2D eigenvalue weighted by atomic mass is 10.1. The Balaban J connectivity index is 2.02. The van der Waals surface area contributed by atoms with Crippen LogP contribution in [0.5, 0.6) is 5.75 Å². The summed E-state index contributed by atoms with van der Waals surface area (Å²) < 4.78 is 11.2. The van der Waals surface area contributed by atoms with Gasteiger partial charge in [0.15, 0.2) is 5.43 Å². The van der Waals surface area contributed by atoms with Crippen LogP contribution in [0, 0.1) is 0 Å². The normalized spacial score (nSPS) is 11.1. The molecule has 3 nitrogen and oxygen atoms in total. The van der Waals surface area contributed by atoms with Gasteiger partial charge < -0.3 is 9.15 Å². The van der Waals surface area contributed by atoms with E-state index in [1.165, 1.54) is 6.26 Å². The molecule has 0 amide bonds. The molecule has 0 saturated heterocycles. The van der Waals surface area contributed by atoms with E-state index in [2.05, 4.69) is 0 Å². The summed E-state index contributed by atoms with van der Waals surface area (Å²) in [5.74, 6) is 0.682. The summed E-state index contributed by atoms with van der Waals surface area (Å²) in [5, 5.41) is 0.555. The summed E-state index contributed by atoms with van der Waals surface area (Å²) in [5.41, 5.74) is 1.91. The minimum atomic E-state index is -0.0348. The standard InChI is InChI=1S/C19H16O3/c1-2-3-11-21-15-9-10-16-18(12-15)22-13-17(19(16)20)14-7-5-4-6-8-14/h2-10,12-13H,11H2,1H3. The molecule has 0 N–H and O–H groups in total. The molecular formula is C19H16O3. The molecule has 3 aromatic rings. The largest absolute Gasteiger partial charge is 0.489 e. The van der Waals surface area contributed by atoms with Crippen molar-refractivity contribution in [3.63, 3.8) is 0 Å². The number of hydrogen-bond donors (Lipinski definition) is 0. The van der Waals surface area contributed by atoms with E-state index in [9.17, 15) is 4.79 Å². The third-order valence-electron chi connectivity index (χ3n) is 3.41. The van der Waals surface area contributed by atoms with Crippen LogP contribution in [0.3, 0.4) is 0 Å². The van der Waals surface area contributed by atoms with Crippen molar-refractivity contribution in [2.75, 3.05) is 6.61 Å². The summed E-state index contributed by atoms with van der Waals surface area (Å²) in [4.78, 5) is 12.6. The highest BCUT2D eigenvalue weighted by atomic mass is 16.5. The molecule has 22 heavy (non-hydrogen) atoms. The van der Waals surface area contributed by atoms with Crippen LogP contribution in [0.2, 0.25) is 0 Å². The fourth-order valence-electron chi connectivity index (χ4n) is 2.26. The molecule has 0 atom stereocenters. The minimum Gasteiger partial charge on any atom is -0.489 e. The van der Waals surface area contributed by atoms with Gasteiger partial charge in [0.25, 0.3) is 0 Å². The molecule has 0 unspecified atom stereocenters. The van der Waals surface area contributed by atoms with E-state index in [0.29, 0.717) is 28.9 Å². The molecule has 3 heteroatoms. The molecule has 110 valence electrons. The Morgan fingerprint density at radius 1 is 1.14 bits per heavy atom. The van der Waals surface area contributed by atoms with Crippen molar-refractivity contribution < 1.29 is 9.15 Å². The summed E-state index contributed by atoms with van der Waals surface area (Å²) in [6.45, 7) is 2.43. The van der Waals surface area contributed by atoms with Crippen molar-refractivity contribution >= 4 is 11.0 Å². The Hall–Kier alpha value is -2.81. The average molecular weight is 292 g/mol. The molecule has 0 fully saturated rings. The SMILES string of the molecule is CC=CCOc1ccc2c(=O)c(-c3ccccc3)coc2c1. The predicted molar refractivity (Wildman–Crippen MR) is 88.2 cm³/mol. The molecule has 1 aromatic heterocycles. The van der Waals surface area contributed by atoms with Crippen LogP contribution in [0.1, 0.15) is 6.92 Å². The first-order valence-electron chi connectivity index (χ1n) is 7.14. The summed E-state index contributed by atoms with van der Waals surface area (Å²) >= 11 is 0. The quantitative estimate of drug-likeness (QED) is 0.668. The second-order valence-corrected chi connectivity index (χ2v) is 4.88. The lowest BCUT2D eigenvalue weighted by Crippen LogP contribution is -2.04. The third kappa shape index (κ3) is 2.79. The van der Waals surface area contributed by atoms with Gasteiger partial charge in [0, 0.05) is 6.07 Å². The van der Waals surface area contributed by atoms with Gasteiger partial charge in [-0.2, -0.15) is 0 Å². The molecule has 0 saturated carbocycles. The maximum absolute atomic E-state index is 12.6. The second kappa shape index (κ2) is 6.31. The zero-order chi connectivity index (χ0) is 15.4. The highest BCUT2D eigenvalue weighted by molar-refractivity contribution is 5.82. The Morgan fingerprint density at radius 2 is 1.95 bits per heavy atom. The van der Waals surface area contributed by atoms with Crippen LogP contribution in [0.25, 0.3) is 22.1 Å². The zero-order valence-electron chi connectivity index (χ0n) is 12.3. The van der Waals surface area contributed by atoms with Gasteiger partial charge in [-0.25, -0.2) is 0 Å². The fourth-order valence-corrected chi connectivity index (χ4v) is 2.26. The number of ether oxygens (including phenoxy) is 1. The van der Waals surface area contributed by atoms with Gasteiger partial charge in [-0.05, 0) is 24.6 Å². The van der Waals surface area contributed by atoms with Crippen molar-refractivity contribution in [3.05, 3.63) is 77.2 Å². The number of rotatable bonds is 4. The molecule has 0 aliphatic heterocycles. The Kier molecular flexibility index (Phi) is 4.05. The maximum Gasteiger partial charge on any atom is 0.200 e. The second-order valence-electron chi connectivity index (χ2n) is 4.88. The van der Waals surface area contributed by atoms with Crippen molar-refractivity contribution in [3.8, 4) is 16.9 Å². The van der Waals surface area contributed by atoms with Crippen LogP contribution in [-0.4, -0.2) is 6.61 Å². The van der Waals surface area contributed by atoms with E-state index >= 15 is 0 Å². The first kappa shape index (κ1) is 14.1. The topological polar surface area (TPSA) is 39.4 Å². The highest BCUT2D eigenvalue weighted by Crippen LogP contribution is 2.22. The smallest absolute Gasteiger partial charge is 0.200 e. The van der Waals surface area contributed by atoms with Crippen LogP contribution in [-0.2, 0) is 0 Å². The van der Waals surface area contributed by atoms with E-state index in [-0.39, 0.29) is 5.43 Å². The Bertz CT molecular complexity index is 861. The molecule has 0 spiro atoms. The number of hydrogen-bond acceptors (Lipinski definition) is 3. The lowest BCUT2D eigenvalue weighted by Gasteiger charge is -2.06. The van der Waals surface area contributed by atoms with Crippen LogP contribution in [0.15, 0.2) is 76.2 Å². The molecular weight excluding hydrogens is 276 g/mol. The maximum atomic E-state index is 12.6. The van der Waals surface area contributed by atoms with Crippen molar-refractivity contribution in [1.82, 2.24) is 0 Å². The van der Waals surface area contributed by atoms with Gasteiger partial charge in [0.2, 0.25) is 0 Å². The van der Waals surface area contributed by atoms with Crippen molar-refractivity contribution in [2.24, 2.45) is 0 Å². The molecule has 0 aliphatic rings. The van der Waals surface area contributed by atoms with Gasteiger partial charge in [0.1, 0.15) is 24.2 Å². The Morgan fingerprint density at radius 3 is 2.73 bits per heavy atom. The van der Waals surface area contributed by atoms with Gasteiger partial charge >= 0.3 is 0 Å². The monoisotopic (exact) mass is 292 g/mol. The van der Waals surface area contributed by atoms with E-state index in [0.717, 1.165) is 5.56 Å². The van der Waals surface area contributed by atoms with E-state index < -0.39 is 0 Å². The summed E-state index contributed by atoms with van der Waals surface area (Å²) in [6.07, 6.45) is 5.35. The molecule has 1 heterocycles. The molecule has 2 aromatic carbocycles. The van der Waals surface area contributed by atoms with Gasteiger partial charge in [0.05, 0.1) is 10.9 Å². The fraction of sp³-hybridized carbons (Fsp3) is 0.105. The van der Waals surface area contributed by atoms with Crippen LogP contribution in [0.4, 0.5) is 0 Å². The molecule has 0 aliphatic carbocycles. The van der Waals surface area contributed by atoms with E-state index in [1.807, 2.05) is 49.4 Å². The minimum absolute atomic E-state index is 0.0348.